The van der Waals surface area contributed by atoms with Gasteiger partial charge in [-0.2, -0.15) is 0 Å². The molecule has 0 atom stereocenters. The third-order valence-electron chi connectivity index (χ3n) is 3.69. The number of thioether (sulfide) groups is 2. The zero-order valence-corrected chi connectivity index (χ0v) is 17.1. The predicted octanol–water partition coefficient (Wildman–Crippen LogP) is 4.77. The van der Waals surface area contributed by atoms with Crippen molar-refractivity contribution in [2.24, 2.45) is 0 Å². The fourth-order valence-electron chi connectivity index (χ4n) is 2.20. The molecule has 1 saturated heterocycles. The number of carbonyl (C=O) groups is 2. The molecule has 1 aliphatic heterocycles. The quantitative estimate of drug-likeness (QED) is 0.187. The highest BCUT2D eigenvalue weighted by Gasteiger charge is 2.17. The number of benzene rings is 1. The molecular weight excluding hydrogens is 398 g/mol. The lowest BCUT2D eigenvalue weighted by molar-refractivity contribution is -0.384. The average molecular weight is 420 g/mol. The maximum atomic E-state index is 12.7. The number of carbonyl (C=O) groups excluding carboxylic acids is 2. The number of ether oxygens (including phenoxy) is 1. The molecule has 1 aromatic carbocycles. The second-order valence-corrected chi connectivity index (χ2v) is 8.27. The number of ketones is 1. The lowest BCUT2D eigenvalue weighted by Crippen LogP contribution is -2.03. The van der Waals surface area contributed by atoms with Crippen LogP contribution in [0.15, 0.2) is 52.3 Å². The molecule has 28 heavy (non-hydrogen) atoms. The summed E-state index contributed by atoms with van der Waals surface area (Å²) >= 11 is 3.18. The number of unbranched alkanes of at least 4 members (excludes halogenated alkanes) is 1. The minimum atomic E-state index is -0.472. The first kappa shape index (κ1) is 22.0. The van der Waals surface area contributed by atoms with E-state index in [2.05, 4.69) is 0 Å². The molecule has 8 heteroatoms. The van der Waals surface area contributed by atoms with E-state index in [9.17, 15) is 19.7 Å². The zero-order chi connectivity index (χ0) is 20.4. The smallest absolute Gasteiger partial charge is 0.330 e. The van der Waals surface area contributed by atoms with Crippen LogP contribution >= 0.6 is 23.5 Å². The summed E-state index contributed by atoms with van der Waals surface area (Å²) in [7, 11) is 0. The SMILES string of the molecule is CCCCOC(=O)/C=C/C(C(=O)/C=C/c1ccc([N+](=O)[O-])cc1)=C1SCCS1. The minimum absolute atomic E-state index is 0.00504. The molecule has 0 bridgehead atoms. The van der Waals surface area contributed by atoms with Crippen LogP contribution in [0.4, 0.5) is 5.69 Å². The van der Waals surface area contributed by atoms with Crippen LogP contribution in [0.5, 0.6) is 0 Å². The number of nitrogens with zero attached hydrogens (tertiary/aromatic N) is 1. The van der Waals surface area contributed by atoms with Gasteiger partial charge in [-0.05, 0) is 36.3 Å². The molecule has 148 valence electrons. The summed E-state index contributed by atoms with van der Waals surface area (Å²) in [5, 5.41) is 10.7. The van der Waals surface area contributed by atoms with Crippen LogP contribution in [0.25, 0.3) is 6.08 Å². The summed E-state index contributed by atoms with van der Waals surface area (Å²) in [6.07, 6.45) is 7.55. The fourth-order valence-corrected chi connectivity index (χ4v) is 4.72. The number of allylic oxidation sites excluding steroid dienone is 3. The summed E-state index contributed by atoms with van der Waals surface area (Å²) in [4.78, 5) is 34.7. The van der Waals surface area contributed by atoms with Gasteiger partial charge in [-0.1, -0.05) is 19.4 Å². The van der Waals surface area contributed by atoms with Crippen molar-refractivity contribution < 1.29 is 19.2 Å². The van der Waals surface area contributed by atoms with Gasteiger partial charge in [-0.25, -0.2) is 4.79 Å². The lowest BCUT2D eigenvalue weighted by Gasteiger charge is -2.03. The van der Waals surface area contributed by atoms with Gasteiger partial charge in [-0.3, -0.25) is 14.9 Å². The first-order valence-electron chi connectivity index (χ1n) is 8.83. The molecule has 6 nitrogen and oxygen atoms in total. The van der Waals surface area contributed by atoms with Gasteiger partial charge in [0.05, 0.1) is 15.8 Å². The van der Waals surface area contributed by atoms with Gasteiger partial charge in [0, 0.05) is 35.3 Å². The highest BCUT2D eigenvalue weighted by atomic mass is 32.2. The van der Waals surface area contributed by atoms with E-state index in [1.54, 1.807) is 41.7 Å². The van der Waals surface area contributed by atoms with E-state index >= 15 is 0 Å². The first-order chi connectivity index (χ1) is 13.5. The van der Waals surface area contributed by atoms with Gasteiger partial charge >= 0.3 is 5.97 Å². The molecule has 0 aromatic heterocycles. The number of nitro groups is 1. The van der Waals surface area contributed by atoms with Gasteiger partial charge in [0.1, 0.15) is 0 Å². The number of non-ortho nitro benzene ring substituents is 1. The molecule has 1 aromatic rings. The van der Waals surface area contributed by atoms with Crippen molar-refractivity contribution in [1.29, 1.82) is 0 Å². The van der Waals surface area contributed by atoms with Crippen molar-refractivity contribution in [2.45, 2.75) is 19.8 Å². The Balaban J connectivity index is 2.10. The van der Waals surface area contributed by atoms with Gasteiger partial charge in [-0.15, -0.1) is 23.5 Å². The number of nitro benzene ring substituents is 1. The van der Waals surface area contributed by atoms with Crippen LogP contribution in [0.1, 0.15) is 25.3 Å². The van der Waals surface area contributed by atoms with E-state index in [1.807, 2.05) is 6.92 Å². The maximum absolute atomic E-state index is 12.7. The molecule has 0 aliphatic carbocycles. The fraction of sp³-hybridized carbons (Fsp3) is 0.300. The van der Waals surface area contributed by atoms with Gasteiger partial charge in [0.25, 0.3) is 5.69 Å². The van der Waals surface area contributed by atoms with E-state index in [-0.39, 0.29) is 11.5 Å². The molecule has 0 saturated carbocycles. The average Bonchev–Trinajstić information content (AvgIpc) is 3.21. The van der Waals surface area contributed by atoms with Crippen molar-refractivity contribution in [3.05, 3.63) is 68.0 Å². The summed E-state index contributed by atoms with van der Waals surface area (Å²) in [6, 6.07) is 5.93. The van der Waals surface area contributed by atoms with Crippen molar-refractivity contribution >= 4 is 47.0 Å². The molecule has 1 heterocycles. The number of hydrogen-bond acceptors (Lipinski definition) is 7. The second-order valence-electron chi connectivity index (χ2n) is 5.80. The Morgan fingerprint density at radius 2 is 1.82 bits per heavy atom. The van der Waals surface area contributed by atoms with Crippen LogP contribution in [0.3, 0.4) is 0 Å². The third-order valence-corrected chi connectivity index (χ3v) is 6.44. The largest absolute Gasteiger partial charge is 0.463 e. The topological polar surface area (TPSA) is 86.5 Å². The van der Waals surface area contributed by atoms with Crippen LogP contribution < -0.4 is 0 Å². The molecule has 0 spiro atoms. The minimum Gasteiger partial charge on any atom is -0.463 e. The number of rotatable bonds is 9. The van der Waals surface area contributed by atoms with Crippen LogP contribution in [-0.2, 0) is 14.3 Å². The Kier molecular flexibility index (Phi) is 9.03. The highest BCUT2D eigenvalue weighted by Crippen LogP contribution is 2.39. The Labute approximate surface area is 172 Å². The normalized spacial score (nSPS) is 14.0. The third kappa shape index (κ3) is 7.01. The molecule has 0 N–H and O–H groups in total. The van der Waals surface area contributed by atoms with E-state index in [4.69, 9.17) is 4.74 Å². The Bertz CT molecular complexity index is 804. The first-order valence-corrected chi connectivity index (χ1v) is 10.8. The molecule has 1 aliphatic rings. The van der Waals surface area contributed by atoms with Crippen molar-refractivity contribution in [3.8, 4) is 0 Å². The van der Waals surface area contributed by atoms with Crippen molar-refractivity contribution in [1.82, 2.24) is 0 Å². The summed E-state index contributed by atoms with van der Waals surface area (Å²) in [6.45, 7) is 2.37. The van der Waals surface area contributed by atoms with E-state index < -0.39 is 10.9 Å². The van der Waals surface area contributed by atoms with Gasteiger partial charge < -0.3 is 4.74 Å². The van der Waals surface area contributed by atoms with E-state index in [0.29, 0.717) is 17.7 Å². The summed E-state index contributed by atoms with van der Waals surface area (Å²) in [5.41, 5.74) is 1.13. The van der Waals surface area contributed by atoms with Crippen molar-refractivity contribution in [2.75, 3.05) is 18.1 Å². The second kappa shape index (κ2) is 11.5. The predicted molar refractivity (Wildman–Crippen MR) is 114 cm³/mol. The van der Waals surface area contributed by atoms with Gasteiger partial charge in [0.2, 0.25) is 0 Å². The highest BCUT2D eigenvalue weighted by molar-refractivity contribution is 8.25. The van der Waals surface area contributed by atoms with Crippen molar-refractivity contribution in [3.63, 3.8) is 0 Å². The Morgan fingerprint density at radius 1 is 1.14 bits per heavy atom. The monoisotopic (exact) mass is 419 g/mol. The standard InChI is InChI=1S/C20H21NO5S2/c1-2-3-12-26-19(23)11-9-17(20-27-13-14-28-20)18(22)10-6-15-4-7-16(8-5-15)21(24)25/h4-11H,2-3,12-14H2,1H3/b10-6+,11-9+. The lowest BCUT2D eigenvalue weighted by atomic mass is 10.1. The van der Waals surface area contributed by atoms with Crippen LogP contribution in [0.2, 0.25) is 0 Å². The molecule has 2 rings (SSSR count). The number of esters is 1. The summed E-state index contributed by atoms with van der Waals surface area (Å²) in [5.74, 6) is 1.13. The van der Waals surface area contributed by atoms with E-state index in [1.165, 1.54) is 30.4 Å². The Hall–Kier alpha value is -2.32. The van der Waals surface area contributed by atoms with Gasteiger partial charge in [0.15, 0.2) is 5.78 Å². The number of hydrogen-bond donors (Lipinski definition) is 0. The molecule has 0 unspecified atom stereocenters. The zero-order valence-electron chi connectivity index (χ0n) is 15.5. The van der Waals surface area contributed by atoms with Crippen LogP contribution in [-0.4, -0.2) is 34.8 Å². The maximum Gasteiger partial charge on any atom is 0.330 e. The molecular formula is C20H21NO5S2. The van der Waals surface area contributed by atoms with Crippen LogP contribution in [0, 0.1) is 10.1 Å². The summed E-state index contributed by atoms with van der Waals surface area (Å²) < 4.78 is 5.97. The Morgan fingerprint density at radius 3 is 2.43 bits per heavy atom. The molecule has 0 amide bonds. The molecule has 1 fully saturated rings. The molecule has 0 radical (unpaired) electrons. The van der Waals surface area contributed by atoms with E-state index in [0.717, 1.165) is 28.6 Å².